The van der Waals surface area contributed by atoms with Crippen LogP contribution in [0.3, 0.4) is 0 Å². The van der Waals surface area contributed by atoms with Crippen LogP contribution >= 0.6 is 0 Å². The van der Waals surface area contributed by atoms with Crippen molar-refractivity contribution in [3.05, 3.63) is 47.8 Å². The van der Waals surface area contributed by atoms with Crippen molar-refractivity contribution in [2.24, 2.45) is 0 Å². The van der Waals surface area contributed by atoms with Gasteiger partial charge in [0.25, 0.3) is 5.91 Å². The van der Waals surface area contributed by atoms with Crippen molar-refractivity contribution in [3.63, 3.8) is 0 Å². The summed E-state index contributed by atoms with van der Waals surface area (Å²) in [5.41, 5.74) is 1.85. The molecule has 0 bridgehead atoms. The quantitative estimate of drug-likeness (QED) is 0.770. The molecule has 3 aromatic rings. The molecule has 1 aromatic carbocycles. The minimum atomic E-state index is -0.192. The van der Waals surface area contributed by atoms with Gasteiger partial charge in [-0.2, -0.15) is 0 Å². The molecule has 7 heteroatoms. The highest BCUT2D eigenvalue weighted by atomic mass is 16.2. The zero-order chi connectivity index (χ0) is 15.8. The number of para-hydroxylation sites is 2. The number of hydrogen-bond acceptors (Lipinski definition) is 5. The molecule has 2 aromatic heterocycles. The summed E-state index contributed by atoms with van der Waals surface area (Å²) in [6, 6.07) is 7.57. The summed E-state index contributed by atoms with van der Waals surface area (Å²) < 4.78 is 2.06. The molecule has 1 aliphatic heterocycles. The molecule has 116 valence electrons. The molecule has 0 spiro atoms. The van der Waals surface area contributed by atoms with Gasteiger partial charge in [0.2, 0.25) is 0 Å². The van der Waals surface area contributed by atoms with E-state index in [0.717, 1.165) is 35.5 Å². The lowest BCUT2D eigenvalue weighted by molar-refractivity contribution is 0.0922. The number of nitrogens with zero attached hydrogens (tertiary/aromatic N) is 5. The van der Waals surface area contributed by atoms with E-state index in [4.69, 9.17) is 0 Å². The lowest BCUT2D eigenvalue weighted by Gasteiger charge is -2.24. The maximum atomic E-state index is 12.4. The van der Waals surface area contributed by atoms with Crippen LogP contribution in [-0.2, 0) is 13.0 Å². The summed E-state index contributed by atoms with van der Waals surface area (Å²) >= 11 is 0. The second-order valence-electron chi connectivity index (χ2n) is 5.73. The SMILES string of the molecule is Cc1nnc2n1C[C@H](NC(=O)c1cnc3ccccc3n1)CC2. The van der Waals surface area contributed by atoms with E-state index in [0.29, 0.717) is 12.2 Å². The predicted molar refractivity (Wildman–Crippen MR) is 83.9 cm³/mol. The molecule has 1 atom stereocenters. The third-order valence-corrected chi connectivity index (χ3v) is 4.15. The van der Waals surface area contributed by atoms with Crippen LogP contribution in [0.25, 0.3) is 11.0 Å². The van der Waals surface area contributed by atoms with Crippen molar-refractivity contribution in [2.75, 3.05) is 0 Å². The predicted octanol–water partition coefficient (Wildman–Crippen LogP) is 1.27. The molecule has 7 nitrogen and oxygen atoms in total. The maximum Gasteiger partial charge on any atom is 0.271 e. The van der Waals surface area contributed by atoms with E-state index < -0.39 is 0 Å². The minimum absolute atomic E-state index is 0.0537. The largest absolute Gasteiger partial charge is 0.346 e. The normalized spacial score (nSPS) is 17.0. The molecule has 23 heavy (non-hydrogen) atoms. The van der Waals surface area contributed by atoms with Gasteiger partial charge in [0.05, 0.1) is 17.2 Å². The maximum absolute atomic E-state index is 12.4. The average Bonchev–Trinajstić information content (AvgIpc) is 2.95. The smallest absolute Gasteiger partial charge is 0.271 e. The van der Waals surface area contributed by atoms with Crippen molar-refractivity contribution < 1.29 is 4.79 Å². The fourth-order valence-corrected chi connectivity index (χ4v) is 2.91. The van der Waals surface area contributed by atoms with Crippen molar-refractivity contribution >= 4 is 16.9 Å². The van der Waals surface area contributed by atoms with Gasteiger partial charge in [0.15, 0.2) is 0 Å². The van der Waals surface area contributed by atoms with E-state index in [1.165, 1.54) is 6.20 Å². The zero-order valence-electron chi connectivity index (χ0n) is 12.7. The van der Waals surface area contributed by atoms with Crippen LogP contribution in [0.4, 0.5) is 0 Å². The molecule has 1 amide bonds. The van der Waals surface area contributed by atoms with Crippen molar-refractivity contribution in [1.29, 1.82) is 0 Å². The lowest BCUT2D eigenvalue weighted by atomic mass is 10.1. The number of carbonyl (C=O) groups excluding carboxylic acids is 1. The van der Waals surface area contributed by atoms with Crippen molar-refractivity contribution in [1.82, 2.24) is 30.0 Å². The summed E-state index contributed by atoms with van der Waals surface area (Å²) in [5, 5.41) is 11.3. The molecule has 0 aliphatic carbocycles. The Bertz CT molecular complexity index is 887. The highest BCUT2D eigenvalue weighted by Gasteiger charge is 2.23. The van der Waals surface area contributed by atoms with E-state index in [-0.39, 0.29) is 11.9 Å². The molecule has 0 fully saturated rings. The summed E-state index contributed by atoms with van der Waals surface area (Å²) in [6.07, 6.45) is 3.19. The second kappa shape index (κ2) is 5.42. The molecule has 0 unspecified atom stereocenters. The van der Waals surface area contributed by atoms with Crippen molar-refractivity contribution in [3.8, 4) is 0 Å². The average molecular weight is 308 g/mol. The fourth-order valence-electron chi connectivity index (χ4n) is 2.91. The second-order valence-corrected chi connectivity index (χ2v) is 5.73. The number of fused-ring (bicyclic) bond motifs is 2. The van der Waals surface area contributed by atoms with E-state index in [1.54, 1.807) is 0 Å². The molecule has 1 N–H and O–H groups in total. The summed E-state index contributed by atoms with van der Waals surface area (Å²) in [7, 11) is 0. The van der Waals surface area contributed by atoms with Gasteiger partial charge in [-0.1, -0.05) is 12.1 Å². The number of hydrogen-bond donors (Lipinski definition) is 1. The fraction of sp³-hybridized carbons (Fsp3) is 0.312. The van der Waals surface area contributed by atoms with Gasteiger partial charge in [-0.05, 0) is 25.5 Å². The number of carbonyl (C=O) groups is 1. The monoisotopic (exact) mass is 308 g/mol. The van der Waals surface area contributed by atoms with Gasteiger partial charge in [-0.3, -0.25) is 9.78 Å². The Morgan fingerprint density at radius 3 is 2.96 bits per heavy atom. The van der Waals surface area contributed by atoms with Crippen LogP contribution in [0.2, 0.25) is 0 Å². The Kier molecular flexibility index (Phi) is 3.25. The van der Waals surface area contributed by atoms with Gasteiger partial charge in [-0.25, -0.2) is 4.98 Å². The zero-order valence-corrected chi connectivity index (χ0v) is 12.7. The summed E-state index contributed by atoms with van der Waals surface area (Å²) in [4.78, 5) is 21.1. The number of nitrogens with one attached hydrogen (secondary N) is 1. The number of aromatic nitrogens is 5. The van der Waals surface area contributed by atoms with Gasteiger partial charge in [0, 0.05) is 19.0 Å². The first kappa shape index (κ1) is 13.8. The summed E-state index contributed by atoms with van der Waals surface area (Å²) in [6.45, 7) is 2.62. The van der Waals surface area contributed by atoms with E-state index in [1.807, 2.05) is 31.2 Å². The van der Waals surface area contributed by atoms with Crippen LogP contribution in [0.1, 0.15) is 28.6 Å². The summed E-state index contributed by atoms with van der Waals surface area (Å²) in [5.74, 6) is 1.67. The van der Waals surface area contributed by atoms with E-state index >= 15 is 0 Å². The van der Waals surface area contributed by atoms with Crippen LogP contribution in [0.5, 0.6) is 0 Å². The number of rotatable bonds is 2. The molecule has 0 radical (unpaired) electrons. The highest BCUT2D eigenvalue weighted by Crippen LogP contribution is 2.15. The molecule has 0 saturated carbocycles. The molecule has 3 heterocycles. The minimum Gasteiger partial charge on any atom is -0.346 e. The molecule has 0 saturated heterocycles. The van der Waals surface area contributed by atoms with E-state index in [9.17, 15) is 4.79 Å². The molecule has 1 aliphatic rings. The topological polar surface area (TPSA) is 85.6 Å². The first-order valence-electron chi connectivity index (χ1n) is 7.62. The molecular weight excluding hydrogens is 292 g/mol. The Labute approximate surface area is 132 Å². The number of aryl methyl sites for hydroxylation is 2. The molecule has 4 rings (SSSR count). The number of amides is 1. The van der Waals surface area contributed by atoms with Gasteiger partial charge in [0.1, 0.15) is 17.3 Å². The lowest BCUT2D eigenvalue weighted by Crippen LogP contribution is -2.41. The van der Waals surface area contributed by atoms with E-state index in [2.05, 4.69) is 30.0 Å². The van der Waals surface area contributed by atoms with Gasteiger partial charge < -0.3 is 9.88 Å². The Morgan fingerprint density at radius 2 is 2.09 bits per heavy atom. The third kappa shape index (κ3) is 2.54. The Hall–Kier alpha value is -2.83. The van der Waals surface area contributed by atoms with Gasteiger partial charge >= 0.3 is 0 Å². The highest BCUT2D eigenvalue weighted by molar-refractivity contribution is 5.93. The third-order valence-electron chi connectivity index (χ3n) is 4.15. The van der Waals surface area contributed by atoms with Crippen LogP contribution < -0.4 is 5.32 Å². The van der Waals surface area contributed by atoms with Gasteiger partial charge in [-0.15, -0.1) is 10.2 Å². The Balaban J connectivity index is 1.52. The van der Waals surface area contributed by atoms with Crippen LogP contribution in [-0.4, -0.2) is 36.7 Å². The first-order chi connectivity index (χ1) is 11.2. The van der Waals surface area contributed by atoms with Crippen LogP contribution in [0.15, 0.2) is 30.5 Å². The van der Waals surface area contributed by atoms with Crippen LogP contribution in [0, 0.1) is 6.92 Å². The number of benzene rings is 1. The Morgan fingerprint density at radius 1 is 1.26 bits per heavy atom. The molecular formula is C16H16N6O. The van der Waals surface area contributed by atoms with Crippen molar-refractivity contribution in [2.45, 2.75) is 32.4 Å². The first-order valence-corrected chi connectivity index (χ1v) is 7.62. The standard InChI is InChI=1S/C16H16N6O/c1-10-20-21-15-7-6-11(9-22(10)15)18-16(23)14-8-17-12-4-2-3-5-13(12)19-14/h2-5,8,11H,6-7,9H2,1H3,(H,18,23)/t11-/m1/s1.